The second-order valence-electron chi connectivity index (χ2n) is 9.01. The fourth-order valence-corrected chi connectivity index (χ4v) is 4.70. The number of nitrogens with zero attached hydrogens (tertiary/aromatic N) is 2. The first-order valence-electron chi connectivity index (χ1n) is 12.0. The number of benzene rings is 3. The topological polar surface area (TPSA) is 80.6 Å². The summed E-state index contributed by atoms with van der Waals surface area (Å²) in [6.45, 7) is 4.23. The zero-order valence-electron chi connectivity index (χ0n) is 21.1. The number of urea groups is 1. The van der Waals surface area contributed by atoms with Crippen molar-refractivity contribution in [2.24, 2.45) is 0 Å². The summed E-state index contributed by atoms with van der Waals surface area (Å²) in [4.78, 5) is 39.0. The maximum Gasteiger partial charge on any atom is 0.335 e. The Hall–Kier alpha value is -4.50. The number of nitrogens with one attached hydrogen (secondary N) is 1. The number of carbonyl (C=O) groups is 3. The van der Waals surface area contributed by atoms with Crippen LogP contribution in [-0.4, -0.2) is 22.4 Å². The molecule has 0 aliphatic carbocycles. The van der Waals surface area contributed by atoms with E-state index in [1.54, 1.807) is 0 Å². The molecule has 196 valence electrons. The second kappa shape index (κ2) is 10.7. The number of amides is 4. The van der Waals surface area contributed by atoms with E-state index in [9.17, 15) is 18.8 Å². The molecule has 5 rings (SSSR count). The average Bonchev–Trinajstić information content (AvgIpc) is 3.19. The van der Waals surface area contributed by atoms with Crippen LogP contribution in [0.4, 0.5) is 14.9 Å². The van der Waals surface area contributed by atoms with Gasteiger partial charge in [-0.05, 0) is 91.7 Å². The van der Waals surface area contributed by atoms with E-state index >= 15 is 0 Å². The van der Waals surface area contributed by atoms with Crippen molar-refractivity contribution < 1.29 is 23.5 Å². The molecule has 0 saturated carbocycles. The number of barbiturate groups is 1. The zero-order valence-corrected chi connectivity index (χ0v) is 22.7. The Kier molecular flexibility index (Phi) is 7.17. The number of aryl methyl sites for hydroxylation is 1. The smallest absolute Gasteiger partial charge is 0.335 e. The highest BCUT2D eigenvalue weighted by Gasteiger charge is 2.37. The van der Waals surface area contributed by atoms with Crippen LogP contribution in [-0.2, 0) is 16.2 Å². The highest BCUT2D eigenvalue weighted by atomic mass is 79.9. The molecule has 7 nitrogen and oxygen atoms in total. The van der Waals surface area contributed by atoms with Crippen molar-refractivity contribution in [3.63, 3.8) is 0 Å². The van der Waals surface area contributed by atoms with Gasteiger partial charge in [-0.15, -0.1) is 0 Å². The van der Waals surface area contributed by atoms with E-state index in [-0.39, 0.29) is 11.3 Å². The molecule has 0 bridgehead atoms. The standard InChI is InChI=1S/C30H23BrFN3O4/c1-18-14-21(15-27-28(36)33-30(38)35(29(27)37)25-5-3-4-23(32)16-25)19(2)34(18)24-10-12-26(13-11-24)39-17-20-6-8-22(31)9-7-20/h3-16H,17H2,1-2H3,(H,33,36,38)/b27-15+. The molecule has 39 heavy (non-hydrogen) atoms. The van der Waals surface area contributed by atoms with Crippen molar-refractivity contribution in [2.75, 3.05) is 4.90 Å². The molecule has 1 saturated heterocycles. The van der Waals surface area contributed by atoms with Gasteiger partial charge in [-0.2, -0.15) is 0 Å². The molecule has 0 spiro atoms. The molecule has 0 atom stereocenters. The van der Waals surface area contributed by atoms with Crippen LogP contribution in [0.15, 0.2) is 88.9 Å². The number of halogens is 2. The highest BCUT2D eigenvalue weighted by molar-refractivity contribution is 9.10. The zero-order chi connectivity index (χ0) is 27.7. The largest absolute Gasteiger partial charge is 0.489 e. The lowest BCUT2D eigenvalue weighted by atomic mass is 10.1. The molecule has 1 aliphatic rings. The molecular weight excluding hydrogens is 565 g/mol. The van der Waals surface area contributed by atoms with Gasteiger partial charge in [0.25, 0.3) is 11.8 Å². The molecule has 1 fully saturated rings. The lowest BCUT2D eigenvalue weighted by Gasteiger charge is -2.26. The maximum atomic E-state index is 13.8. The van der Waals surface area contributed by atoms with Crippen LogP contribution in [0.1, 0.15) is 22.5 Å². The minimum atomic E-state index is -0.930. The van der Waals surface area contributed by atoms with Crippen molar-refractivity contribution in [3.05, 3.63) is 117 Å². The number of carbonyl (C=O) groups excluding carboxylic acids is 3. The van der Waals surface area contributed by atoms with E-state index in [1.807, 2.05) is 73.0 Å². The summed E-state index contributed by atoms with van der Waals surface area (Å²) in [5.41, 5.74) is 4.04. The normalized spacial score (nSPS) is 14.6. The molecule has 9 heteroatoms. The Morgan fingerprint density at radius 2 is 1.64 bits per heavy atom. The summed E-state index contributed by atoms with van der Waals surface area (Å²) in [5.74, 6) is -1.52. The van der Waals surface area contributed by atoms with Gasteiger partial charge in [0, 0.05) is 21.5 Å². The number of imide groups is 2. The van der Waals surface area contributed by atoms with Crippen LogP contribution in [0, 0.1) is 19.7 Å². The van der Waals surface area contributed by atoms with Crippen LogP contribution in [0.25, 0.3) is 11.8 Å². The SMILES string of the molecule is Cc1cc(/C=C2\C(=O)NC(=O)N(c3cccc(F)c3)C2=O)c(C)n1-c1ccc(OCc2ccc(Br)cc2)cc1. The lowest BCUT2D eigenvalue weighted by molar-refractivity contribution is -0.122. The molecule has 4 amide bonds. The van der Waals surface area contributed by atoms with E-state index < -0.39 is 23.7 Å². The number of anilines is 1. The van der Waals surface area contributed by atoms with E-state index in [1.165, 1.54) is 24.3 Å². The van der Waals surface area contributed by atoms with E-state index in [2.05, 4.69) is 21.2 Å². The third-order valence-electron chi connectivity index (χ3n) is 6.35. The quantitative estimate of drug-likeness (QED) is 0.214. The first kappa shape index (κ1) is 26.1. The van der Waals surface area contributed by atoms with Gasteiger partial charge in [0.15, 0.2) is 0 Å². The van der Waals surface area contributed by atoms with Gasteiger partial charge in [-0.3, -0.25) is 14.9 Å². The summed E-state index contributed by atoms with van der Waals surface area (Å²) in [7, 11) is 0. The summed E-state index contributed by atoms with van der Waals surface area (Å²) in [5, 5.41) is 2.17. The van der Waals surface area contributed by atoms with E-state index in [0.717, 1.165) is 43.8 Å². The molecular formula is C30H23BrFN3O4. The van der Waals surface area contributed by atoms with Crippen molar-refractivity contribution in [1.29, 1.82) is 0 Å². The first-order valence-corrected chi connectivity index (χ1v) is 12.8. The Morgan fingerprint density at radius 1 is 0.923 bits per heavy atom. The summed E-state index contributed by atoms with van der Waals surface area (Å²) in [6.07, 6.45) is 1.45. The molecule has 1 aromatic heterocycles. The molecule has 1 N–H and O–H groups in total. The molecule has 0 unspecified atom stereocenters. The van der Waals surface area contributed by atoms with Gasteiger partial charge >= 0.3 is 6.03 Å². The second-order valence-corrected chi connectivity index (χ2v) is 9.92. The number of hydrogen-bond donors (Lipinski definition) is 1. The highest BCUT2D eigenvalue weighted by Crippen LogP contribution is 2.27. The molecule has 1 aliphatic heterocycles. The van der Waals surface area contributed by atoms with Gasteiger partial charge in [-0.25, -0.2) is 14.1 Å². The van der Waals surface area contributed by atoms with Gasteiger partial charge in [0.2, 0.25) is 0 Å². The van der Waals surface area contributed by atoms with Gasteiger partial charge in [0.05, 0.1) is 5.69 Å². The average molecular weight is 588 g/mol. The third-order valence-corrected chi connectivity index (χ3v) is 6.88. The van der Waals surface area contributed by atoms with Crippen molar-refractivity contribution in [1.82, 2.24) is 9.88 Å². The monoisotopic (exact) mass is 587 g/mol. The lowest BCUT2D eigenvalue weighted by Crippen LogP contribution is -2.54. The number of ether oxygens (including phenoxy) is 1. The van der Waals surface area contributed by atoms with Crippen molar-refractivity contribution in [2.45, 2.75) is 20.5 Å². The molecule has 4 aromatic rings. The Balaban J connectivity index is 1.39. The number of rotatable bonds is 6. The van der Waals surface area contributed by atoms with Crippen LogP contribution < -0.4 is 15.0 Å². The van der Waals surface area contributed by atoms with Crippen LogP contribution in [0.5, 0.6) is 5.75 Å². The summed E-state index contributed by atoms with van der Waals surface area (Å²) >= 11 is 3.42. The van der Waals surface area contributed by atoms with Gasteiger partial charge in [-0.1, -0.05) is 34.1 Å². The van der Waals surface area contributed by atoms with Crippen LogP contribution in [0.2, 0.25) is 0 Å². The molecule has 0 radical (unpaired) electrons. The van der Waals surface area contributed by atoms with Crippen molar-refractivity contribution in [3.8, 4) is 11.4 Å². The van der Waals surface area contributed by atoms with Gasteiger partial charge in [0.1, 0.15) is 23.7 Å². The Bertz CT molecular complexity index is 1630. The van der Waals surface area contributed by atoms with Gasteiger partial charge < -0.3 is 9.30 Å². The fraction of sp³-hybridized carbons (Fsp3) is 0.100. The summed E-state index contributed by atoms with van der Waals surface area (Å²) in [6, 6.07) is 21.5. The Morgan fingerprint density at radius 3 is 2.33 bits per heavy atom. The van der Waals surface area contributed by atoms with Crippen molar-refractivity contribution >= 4 is 45.5 Å². The first-order chi connectivity index (χ1) is 18.7. The van der Waals surface area contributed by atoms with E-state index in [4.69, 9.17) is 4.74 Å². The Labute approximate surface area is 232 Å². The molecule has 2 heterocycles. The predicted octanol–water partition coefficient (Wildman–Crippen LogP) is 6.24. The predicted molar refractivity (Wildman–Crippen MR) is 149 cm³/mol. The maximum absolute atomic E-state index is 13.8. The molecule has 3 aromatic carbocycles. The summed E-state index contributed by atoms with van der Waals surface area (Å²) < 4.78 is 22.7. The van der Waals surface area contributed by atoms with Crippen LogP contribution in [0.3, 0.4) is 0 Å². The van der Waals surface area contributed by atoms with Crippen LogP contribution >= 0.6 is 15.9 Å². The third kappa shape index (κ3) is 5.39. The minimum absolute atomic E-state index is 0.0313. The fourth-order valence-electron chi connectivity index (χ4n) is 4.43. The number of aromatic nitrogens is 1. The minimum Gasteiger partial charge on any atom is -0.489 e. The number of hydrogen-bond acceptors (Lipinski definition) is 4. The van der Waals surface area contributed by atoms with E-state index in [0.29, 0.717) is 12.2 Å².